The molecule has 2 amide bonds. The summed E-state index contributed by atoms with van der Waals surface area (Å²) in [6.45, 7) is 3.88. The van der Waals surface area contributed by atoms with Gasteiger partial charge in [0.05, 0.1) is 6.10 Å². The highest BCUT2D eigenvalue weighted by Crippen LogP contribution is 2.17. The van der Waals surface area contributed by atoms with Gasteiger partial charge in [0.15, 0.2) is 0 Å². The minimum absolute atomic E-state index is 0.0839. The third kappa shape index (κ3) is 5.93. The molecule has 0 heterocycles. The molecule has 0 fully saturated rings. The van der Waals surface area contributed by atoms with Gasteiger partial charge >= 0.3 is 0 Å². The van der Waals surface area contributed by atoms with E-state index in [0.717, 1.165) is 5.75 Å². The largest absolute Gasteiger partial charge is 0.491 e. The Kier molecular flexibility index (Phi) is 6.21. The number of amides is 2. The van der Waals surface area contributed by atoms with E-state index < -0.39 is 11.8 Å². The molecule has 0 aliphatic carbocycles. The van der Waals surface area contributed by atoms with Gasteiger partial charge in [0.25, 0.3) is 0 Å². The molecule has 2 aromatic rings. The smallest absolute Gasteiger partial charge is 0.233 e. The molecule has 0 saturated carbocycles. The second kappa shape index (κ2) is 8.36. The van der Waals surface area contributed by atoms with E-state index in [1.54, 1.807) is 48.5 Å². The molecule has 0 unspecified atom stereocenters. The second-order valence-electron chi connectivity index (χ2n) is 5.47. The SMILES string of the molecule is CC(C)Oc1ccc(NC(=O)CC(=O)Nc2cccc(Cl)c2)cc1. The van der Waals surface area contributed by atoms with Crippen molar-refractivity contribution in [1.29, 1.82) is 0 Å². The van der Waals surface area contributed by atoms with Gasteiger partial charge in [0.2, 0.25) is 11.8 Å². The average molecular weight is 347 g/mol. The van der Waals surface area contributed by atoms with Crippen molar-refractivity contribution in [2.45, 2.75) is 26.4 Å². The molecule has 0 bridgehead atoms. The molecule has 24 heavy (non-hydrogen) atoms. The molecule has 0 radical (unpaired) electrons. The Morgan fingerprint density at radius 3 is 2.21 bits per heavy atom. The quantitative estimate of drug-likeness (QED) is 0.774. The Hall–Kier alpha value is -2.53. The molecule has 0 atom stereocenters. The molecule has 0 aliphatic rings. The summed E-state index contributed by atoms with van der Waals surface area (Å²) in [5.41, 5.74) is 1.15. The van der Waals surface area contributed by atoms with Crippen LogP contribution in [0.1, 0.15) is 20.3 Å². The summed E-state index contributed by atoms with van der Waals surface area (Å²) in [4.78, 5) is 23.8. The number of nitrogens with one attached hydrogen (secondary N) is 2. The number of carbonyl (C=O) groups is 2. The number of anilines is 2. The van der Waals surface area contributed by atoms with Gasteiger partial charge in [-0.15, -0.1) is 0 Å². The molecule has 2 rings (SSSR count). The first-order chi connectivity index (χ1) is 11.4. The molecule has 126 valence electrons. The number of rotatable bonds is 6. The molecule has 0 saturated heterocycles. The summed E-state index contributed by atoms with van der Waals surface area (Å²) >= 11 is 5.84. The van der Waals surface area contributed by atoms with E-state index in [2.05, 4.69) is 10.6 Å². The molecular formula is C18H19ClN2O3. The minimum atomic E-state index is -0.408. The normalized spacial score (nSPS) is 10.3. The van der Waals surface area contributed by atoms with Gasteiger partial charge in [-0.2, -0.15) is 0 Å². The van der Waals surface area contributed by atoms with Crippen molar-refractivity contribution in [2.75, 3.05) is 10.6 Å². The maximum absolute atomic E-state index is 11.9. The highest BCUT2D eigenvalue weighted by molar-refractivity contribution is 6.30. The molecule has 0 aromatic heterocycles. The lowest BCUT2D eigenvalue weighted by Crippen LogP contribution is -2.21. The van der Waals surface area contributed by atoms with Gasteiger partial charge in [0, 0.05) is 16.4 Å². The number of ether oxygens (including phenoxy) is 1. The Morgan fingerprint density at radius 2 is 1.62 bits per heavy atom. The molecule has 6 heteroatoms. The number of benzene rings is 2. The van der Waals surface area contributed by atoms with Crippen LogP contribution >= 0.6 is 11.6 Å². The Balaban J connectivity index is 1.85. The number of carbonyl (C=O) groups excluding carboxylic acids is 2. The Morgan fingerprint density at radius 1 is 1.00 bits per heavy atom. The van der Waals surface area contributed by atoms with Crippen LogP contribution in [0, 0.1) is 0 Å². The van der Waals surface area contributed by atoms with Crippen molar-refractivity contribution in [3.05, 3.63) is 53.6 Å². The van der Waals surface area contributed by atoms with Crippen LogP contribution in [-0.2, 0) is 9.59 Å². The molecule has 0 aliphatic heterocycles. The summed E-state index contributed by atoms with van der Waals surface area (Å²) < 4.78 is 5.53. The van der Waals surface area contributed by atoms with Crippen molar-refractivity contribution in [3.8, 4) is 5.75 Å². The minimum Gasteiger partial charge on any atom is -0.491 e. The van der Waals surface area contributed by atoms with Gasteiger partial charge in [-0.1, -0.05) is 17.7 Å². The van der Waals surface area contributed by atoms with E-state index in [9.17, 15) is 9.59 Å². The fourth-order valence-corrected chi connectivity index (χ4v) is 2.20. The van der Waals surface area contributed by atoms with Gasteiger partial charge in [0.1, 0.15) is 12.2 Å². The topological polar surface area (TPSA) is 67.4 Å². The molecule has 2 aromatic carbocycles. The van der Waals surface area contributed by atoms with Crippen molar-refractivity contribution in [1.82, 2.24) is 0 Å². The van der Waals surface area contributed by atoms with Gasteiger partial charge in [-0.05, 0) is 56.3 Å². The highest BCUT2D eigenvalue weighted by atomic mass is 35.5. The van der Waals surface area contributed by atoms with Gasteiger partial charge in [-0.3, -0.25) is 9.59 Å². The third-order valence-corrected chi connectivity index (χ3v) is 3.17. The van der Waals surface area contributed by atoms with Crippen molar-refractivity contribution in [3.63, 3.8) is 0 Å². The van der Waals surface area contributed by atoms with E-state index >= 15 is 0 Å². The zero-order chi connectivity index (χ0) is 17.5. The maximum atomic E-state index is 11.9. The monoisotopic (exact) mass is 346 g/mol. The summed E-state index contributed by atoms with van der Waals surface area (Å²) in [6.07, 6.45) is -0.197. The fourth-order valence-electron chi connectivity index (χ4n) is 2.01. The van der Waals surface area contributed by atoms with Gasteiger partial charge in [-0.25, -0.2) is 0 Å². The molecular weight excluding hydrogens is 328 g/mol. The lowest BCUT2D eigenvalue weighted by atomic mass is 10.2. The number of hydrogen-bond donors (Lipinski definition) is 2. The van der Waals surface area contributed by atoms with Crippen LogP contribution in [0.5, 0.6) is 5.75 Å². The predicted octanol–water partition coefficient (Wildman–Crippen LogP) is 4.09. The summed E-state index contributed by atoms with van der Waals surface area (Å²) in [6, 6.07) is 13.7. The van der Waals surface area contributed by atoms with E-state index in [1.165, 1.54) is 0 Å². The first kappa shape index (κ1) is 17.8. The van der Waals surface area contributed by atoms with E-state index in [1.807, 2.05) is 13.8 Å². The third-order valence-electron chi connectivity index (χ3n) is 2.94. The predicted molar refractivity (Wildman–Crippen MR) is 95.5 cm³/mol. The zero-order valence-electron chi connectivity index (χ0n) is 13.5. The van der Waals surface area contributed by atoms with Crippen LogP contribution in [0.2, 0.25) is 5.02 Å². The van der Waals surface area contributed by atoms with E-state index in [4.69, 9.17) is 16.3 Å². The van der Waals surface area contributed by atoms with Crippen LogP contribution in [0.15, 0.2) is 48.5 Å². The molecule has 0 spiro atoms. The number of halogens is 1. The molecule has 5 nitrogen and oxygen atoms in total. The first-order valence-corrected chi connectivity index (χ1v) is 7.92. The highest BCUT2D eigenvalue weighted by Gasteiger charge is 2.10. The lowest BCUT2D eigenvalue weighted by molar-refractivity contribution is -0.123. The van der Waals surface area contributed by atoms with E-state index in [-0.39, 0.29) is 12.5 Å². The van der Waals surface area contributed by atoms with Crippen molar-refractivity contribution >= 4 is 34.8 Å². The van der Waals surface area contributed by atoms with Gasteiger partial charge < -0.3 is 15.4 Å². The molecule has 2 N–H and O–H groups in total. The van der Waals surface area contributed by atoms with Crippen LogP contribution in [-0.4, -0.2) is 17.9 Å². The van der Waals surface area contributed by atoms with E-state index in [0.29, 0.717) is 16.4 Å². The number of hydrogen-bond acceptors (Lipinski definition) is 3. The fraction of sp³-hybridized carbons (Fsp3) is 0.222. The van der Waals surface area contributed by atoms with Crippen LogP contribution in [0.3, 0.4) is 0 Å². The van der Waals surface area contributed by atoms with Crippen LogP contribution in [0.4, 0.5) is 11.4 Å². The summed E-state index contributed by atoms with van der Waals surface area (Å²) in [5, 5.41) is 5.81. The zero-order valence-corrected chi connectivity index (χ0v) is 14.3. The average Bonchev–Trinajstić information content (AvgIpc) is 2.48. The maximum Gasteiger partial charge on any atom is 0.233 e. The van der Waals surface area contributed by atoms with Crippen molar-refractivity contribution in [2.24, 2.45) is 0 Å². The standard InChI is InChI=1S/C18H19ClN2O3/c1-12(2)24-16-8-6-14(7-9-16)20-17(22)11-18(23)21-15-5-3-4-13(19)10-15/h3-10,12H,11H2,1-2H3,(H,20,22)(H,21,23). The Labute approximate surface area is 146 Å². The van der Waals surface area contributed by atoms with Crippen LogP contribution < -0.4 is 15.4 Å². The summed E-state index contributed by atoms with van der Waals surface area (Å²) in [7, 11) is 0. The Bertz CT molecular complexity index is 714. The van der Waals surface area contributed by atoms with Crippen molar-refractivity contribution < 1.29 is 14.3 Å². The summed E-state index contributed by atoms with van der Waals surface area (Å²) in [5.74, 6) is -0.0803. The van der Waals surface area contributed by atoms with Crippen LogP contribution in [0.25, 0.3) is 0 Å². The first-order valence-electron chi connectivity index (χ1n) is 7.54. The second-order valence-corrected chi connectivity index (χ2v) is 5.91. The lowest BCUT2D eigenvalue weighted by Gasteiger charge is -2.10.